The second kappa shape index (κ2) is 8.21. The molecule has 0 saturated heterocycles. The Bertz CT molecular complexity index is 944. The van der Waals surface area contributed by atoms with Gasteiger partial charge >= 0.3 is 0 Å². The largest absolute Gasteiger partial charge is 0.494 e. The van der Waals surface area contributed by atoms with Crippen molar-refractivity contribution in [3.8, 4) is 5.75 Å². The SMILES string of the molecule is COc1cccc2c(N)c3cccc(C(=O)NCCN(C)C)c3nc12.Cl. The van der Waals surface area contributed by atoms with E-state index in [-0.39, 0.29) is 18.3 Å². The lowest BCUT2D eigenvalue weighted by atomic mass is 10.0. The zero-order valence-corrected chi connectivity index (χ0v) is 15.9. The number of nitrogens with zero attached hydrogens (tertiary/aromatic N) is 2. The zero-order chi connectivity index (χ0) is 18.0. The molecule has 2 aromatic carbocycles. The molecule has 26 heavy (non-hydrogen) atoms. The van der Waals surface area contributed by atoms with Crippen molar-refractivity contribution in [2.75, 3.05) is 40.0 Å². The normalized spacial score (nSPS) is 10.8. The molecule has 6 nitrogen and oxygen atoms in total. The number of pyridine rings is 1. The molecule has 0 fully saturated rings. The Labute approximate surface area is 158 Å². The Kier molecular flexibility index (Phi) is 6.23. The molecule has 0 radical (unpaired) electrons. The molecule has 0 spiro atoms. The van der Waals surface area contributed by atoms with Crippen LogP contribution in [-0.2, 0) is 0 Å². The average Bonchev–Trinajstić information content (AvgIpc) is 2.60. The number of halogens is 1. The van der Waals surface area contributed by atoms with Gasteiger partial charge in [-0.25, -0.2) is 4.98 Å². The summed E-state index contributed by atoms with van der Waals surface area (Å²) < 4.78 is 5.40. The third kappa shape index (κ3) is 3.66. The van der Waals surface area contributed by atoms with Crippen LogP contribution in [0.1, 0.15) is 10.4 Å². The standard InChI is InChI=1S/C19H22N4O2.ClH/c1-23(2)11-10-21-19(24)14-8-4-6-12-16(20)13-7-5-9-15(25-3)18(13)22-17(12)14;/h4-9H,10-11H2,1-3H3,(H2,20,22)(H,21,24);1H. The third-order valence-corrected chi connectivity index (χ3v) is 4.15. The number of nitrogen functional groups attached to an aromatic ring is 1. The van der Waals surface area contributed by atoms with E-state index in [1.807, 2.05) is 49.3 Å². The highest BCUT2D eigenvalue weighted by Crippen LogP contribution is 2.34. The number of carbonyl (C=O) groups excluding carboxylic acids is 1. The van der Waals surface area contributed by atoms with Crippen molar-refractivity contribution >= 4 is 45.8 Å². The zero-order valence-electron chi connectivity index (χ0n) is 15.1. The molecule has 0 bridgehead atoms. The number of likely N-dealkylation sites (N-methyl/N-ethyl adjacent to an activating group) is 1. The number of hydrogen-bond donors (Lipinski definition) is 2. The Balaban J connectivity index is 0.00000243. The van der Waals surface area contributed by atoms with Crippen LogP contribution in [0.5, 0.6) is 5.75 Å². The van der Waals surface area contributed by atoms with E-state index in [0.29, 0.717) is 34.6 Å². The highest BCUT2D eigenvalue weighted by atomic mass is 35.5. The molecular weight excluding hydrogens is 352 g/mol. The van der Waals surface area contributed by atoms with Gasteiger partial charge < -0.3 is 20.7 Å². The molecule has 0 atom stereocenters. The third-order valence-electron chi connectivity index (χ3n) is 4.15. The Morgan fingerprint density at radius 1 is 1.15 bits per heavy atom. The van der Waals surface area contributed by atoms with Crippen LogP contribution in [0.4, 0.5) is 5.69 Å². The molecule has 0 unspecified atom stereocenters. The van der Waals surface area contributed by atoms with Gasteiger partial charge in [0.1, 0.15) is 11.3 Å². The predicted molar refractivity (Wildman–Crippen MR) is 108 cm³/mol. The number of para-hydroxylation sites is 2. The lowest BCUT2D eigenvalue weighted by molar-refractivity contribution is 0.0952. The number of nitrogens with two attached hydrogens (primary N) is 1. The first-order valence-electron chi connectivity index (χ1n) is 8.10. The molecule has 0 aliphatic rings. The fourth-order valence-corrected chi connectivity index (χ4v) is 2.83. The van der Waals surface area contributed by atoms with Crippen LogP contribution in [-0.4, -0.2) is 50.1 Å². The van der Waals surface area contributed by atoms with Gasteiger partial charge in [0.15, 0.2) is 0 Å². The van der Waals surface area contributed by atoms with Crippen molar-refractivity contribution in [3.63, 3.8) is 0 Å². The number of nitrogens with one attached hydrogen (secondary N) is 1. The first-order chi connectivity index (χ1) is 12.0. The van der Waals surface area contributed by atoms with Crippen molar-refractivity contribution in [3.05, 3.63) is 42.0 Å². The van der Waals surface area contributed by atoms with Gasteiger partial charge in [-0.15, -0.1) is 12.4 Å². The fraction of sp³-hybridized carbons (Fsp3) is 0.263. The van der Waals surface area contributed by atoms with Crippen LogP contribution in [0.25, 0.3) is 21.8 Å². The molecule has 1 amide bonds. The molecule has 3 rings (SSSR count). The van der Waals surface area contributed by atoms with Gasteiger partial charge in [-0.05, 0) is 26.2 Å². The summed E-state index contributed by atoms with van der Waals surface area (Å²) in [6.07, 6.45) is 0. The number of methoxy groups -OCH3 is 1. The number of hydrogen-bond acceptors (Lipinski definition) is 5. The van der Waals surface area contributed by atoms with E-state index in [1.54, 1.807) is 13.2 Å². The van der Waals surface area contributed by atoms with Gasteiger partial charge in [0, 0.05) is 23.9 Å². The molecule has 138 valence electrons. The number of amides is 1. The second-order valence-corrected chi connectivity index (χ2v) is 6.14. The summed E-state index contributed by atoms with van der Waals surface area (Å²) >= 11 is 0. The van der Waals surface area contributed by atoms with E-state index in [9.17, 15) is 4.79 Å². The van der Waals surface area contributed by atoms with E-state index in [4.69, 9.17) is 15.5 Å². The van der Waals surface area contributed by atoms with Crippen LogP contribution < -0.4 is 15.8 Å². The van der Waals surface area contributed by atoms with Crippen molar-refractivity contribution < 1.29 is 9.53 Å². The van der Waals surface area contributed by atoms with E-state index < -0.39 is 0 Å². The molecule has 1 heterocycles. The highest BCUT2D eigenvalue weighted by molar-refractivity contribution is 6.14. The number of anilines is 1. The molecule has 3 aromatic rings. The van der Waals surface area contributed by atoms with Crippen LogP contribution >= 0.6 is 12.4 Å². The predicted octanol–water partition coefficient (Wildman–Crippen LogP) is 2.69. The summed E-state index contributed by atoms with van der Waals surface area (Å²) in [7, 11) is 5.52. The minimum Gasteiger partial charge on any atom is -0.494 e. The number of aromatic nitrogens is 1. The smallest absolute Gasteiger partial charge is 0.253 e. The molecule has 3 N–H and O–H groups in total. The number of carbonyl (C=O) groups is 1. The molecule has 1 aromatic heterocycles. The van der Waals surface area contributed by atoms with Crippen molar-refractivity contribution in [1.82, 2.24) is 15.2 Å². The lowest BCUT2D eigenvalue weighted by Crippen LogP contribution is -2.31. The summed E-state index contributed by atoms with van der Waals surface area (Å²) in [5.41, 5.74) is 8.70. The summed E-state index contributed by atoms with van der Waals surface area (Å²) in [5, 5.41) is 4.51. The number of fused-ring (bicyclic) bond motifs is 2. The summed E-state index contributed by atoms with van der Waals surface area (Å²) in [6.45, 7) is 1.33. The Morgan fingerprint density at radius 2 is 1.81 bits per heavy atom. The quantitative estimate of drug-likeness (QED) is 0.671. The average molecular weight is 375 g/mol. The van der Waals surface area contributed by atoms with Crippen molar-refractivity contribution in [2.24, 2.45) is 0 Å². The van der Waals surface area contributed by atoms with Gasteiger partial charge in [0.25, 0.3) is 5.91 Å². The van der Waals surface area contributed by atoms with Gasteiger partial charge in [-0.1, -0.05) is 24.3 Å². The van der Waals surface area contributed by atoms with Gasteiger partial charge in [-0.2, -0.15) is 0 Å². The topological polar surface area (TPSA) is 80.5 Å². The summed E-state index contributed by atoms with van der Waals surface area (Å²) in [4.78, 5) is 19.3. The lowest BCUT2D eigenvalue weighted by Gasteiger charge is -2.13. The molecule has 0 saturated carbocycles. The number of rotatable bonds is 5. The maximum atomic E-state index is 12.6. The second-order valence-electron chi connectivity index (χ2n) is 6.14. The maximum Gasteiger partial charge on any atom is 0.253 e. The number of benzene rings is 2. The van der Waals surface area contributed by atoms with Crippen LogP contribution in [0.3, 0.4) is 0 Å². The highest BCUT2D eigenvalue weighted by Gasteiger charge is 2.16. The fourth-order valence-electron chi connectivity index (χ4n) is 2.83. The first-order valence-corrected chi connectivity index (χ1v) is 8.10. The first kappa shape index (κ1) is 19.8. The van der Waals surface area contributed by atoms with Crippen molar-refractivity contribution in [1.29, 1.82) is 0 Å². The number of ether oxygens (including phenoxy) is 1. The minimum atomic E-state index is -0.159. The van der Waals surface area contributed by atoms with E-state index in [1.165, 1.54) is 0 Å². The Morgan fingerprint density at radius 3 is 2.46 bits per heavy atom. The summed E-state index contributed by atoms with van der Waals surface area (Å²) in [5.74, 6) is 0.475. The minimum absolute atomic E-state index is 0. The Hall–Kier alpha value is -2.57. The molecule has 0 aliphatic heterocycles. The molecular formula is C19H23ClN4O2. The molecule has 7 heteroatoms. The maximum absolute atomic E-state index is 12.6. The van der Waals surface area contributed by atoms with E-state index in [2.05, 4.69) is 5.32 Å². The molecule has 0 aliphatic carbocycles. The van der Waals surface area contributed by atoms with Crippen molar-refractivity contribution in [2.45, 2.75) is 0 Å². The van der Waals surface area contributed by atoms with Crippen LogP contribution in [0.15, 0.2) is 36.4 Å². The van der Waals surface area contributed by atoms with Gasteiger partial charge in [-0.3, -0.25) is 4.79 Å². The van der Waals surface area contributed by atoms with Gasteiger partial charge in [0.05, 0.1) is 23.9 Å². The monoisotopic (exact) mass is 374 g/mol. The van der Waals surface area contributed by atoms with E-state index in [0.717, 1.165) is 17.3 Å². The van der Waals surface area contributed by atoms with Gasteiger partial charge in [0.2, 0.25) is 0 Å². The van der Waals surface area contributed by atoms with Crippen LogP contribution in [0, 0.1) is 0 Å². The summed E-state index contributed by atoms with van der Waals surface area (Å²) in [6, 6.07) is 11.1. The van der Waals surface area contributed by atoms with Crippen LogP contribution in [0.2, 0.25) is 0 Å². The van der Waals surface area contributed by atoms with E-state index >= 15 is 0 Å².